The van der Waals surface area contributed by atoms with E-state index >= 15 is 0 Å². The summed E-state index contributed by atoms with van der Waals surface area (Å²) in [5, 5.41) is 4.00. The minimum Gasteiger partial charge on any atom is -0.375 e. The molecule has 1 aromatic rings. The summed E-state index contributed by atoms with van der Waals surface area (Å²) in [4.78, 5) is 14.6. The van der Waals surface area contributed by atoms with Crippen molar-refractivity contribution in [2.45, 2.75) is 31.4 Å². The minimum absolute atomic E-state index is 0. The summed E-state index contributed by atoms with van der Waals surface area (Å²) in [6.45, 7) is 3.16. The van der Waals surface area contributed by atoms with Gasteiger partial charge in [-0.2, -0.15) is 0 Å². The average Bonchev–Trinajstić information content (AvgIpc) is 2.98. The molecular weight excluding hydrogens is 323 g/mol. The predicted octanol–water partition coefficient (Wildman–Crippen LogP) is 2.80. The van der Waals surface area contributed by atoms with Crippen LogP contribution in [0.4, 0.5) is 0 Å². The van der Waals surface area contributed by atoms with Crippen LogP contribution in [0.15, 0.2) is 24.3 Å². The van der Waals surface area contributed by atoms with Gasteiger partial charge in [0.05, 0.1) is 25.2 Å². The molecule has 0 aromatic heterocycles. The summed E-state index contributed by atoms with van der Waals surface area (Å²) in [7, 11) is 0. The number of morpholine rings is 1. The highest BCUT2D eigenvalue weighted by Crippen LogP contribution is 2.33. The molecule has 2 atom stereocenters. The van der Waals surface area contributed by atoms with Crippen LogP contribution in [-0.4, -0.2) is 43.2 Å². The van der Waals surface area contributed by atoms with Crippen molar-refractivity contribution in [2.75, 3.05) is 26.2 Å². The number of benzene rings is 1. The van der Waals surface area contributed by atoms with E-state index in [4.69, 9.17) is 16.3 Å². The third-order valence-corrected chi connectivity index (χ3v) is 4.45. The summed E-state index contributed by atoms with van der Waals surface area (Å²) in [5.41, 5.74) is 1.14. The lowest BCUT2D eigenvalue weighted by Gasteiger charge is -2.29. The van der Waals surface area contributed by atoms with Crippen LogP contribution in [-0.2, 0) is 9.53 Å². The summed E-state index contributed by atoms with van der Waals surface area (Å²) in [5.74, 6) is 0.186. The first-order chi connectivity index (χ1) is 10.2. The molecule has 4 nitrogen and oxygen atoms in total. The first kappa shape index (κ1) is 17.5. The number of hydrogen-bond acceptors (Lipinski definition) is 3. The fraction of sp³-hybridized carbons (Fsp3) is 0.562. The molecule has 2 fully saturated rings. The number of nitrogens with zero attached hydrogens (tertiary/aromatic N) is 1. The summed E-state index contributed by atoms with van der Waals surface area (Å²) in [6, 6.07) is 8.01. The van der Waals surface area contributed by atoms with Crippen molar-refractivity contribution in [3.63, 3.8) is 0 Å². The smallest absolute Gasteiger partial charge is 0.225 e. The Labute approximate surface area is 142 Å². The quantitative estimate of drug-likeness (QED) is 0.916. The first-order valence-electron chi connectivity index (χ1n) is 7.61. The number of likely N-dealkylation sites (tertiary alicyclic amines) is 1. The number of amides is 1. The second-order valence-corrected chi connectivity index (χ2v) is 6.14. The van der Waals surface area contributed by atoms with E-state index < -0.39 is 0 Å². The highest BCUT2D eigenvalue weighted by atomic mass is 35.5. The van der Waals surface area contributed by atoms with Gasteiger partial charge in [0.2, 0.25) is 5.91 Å². The van der Waals surface area contributed by atoms with Gasteiger partial charge in [0, 0.05) is 24.7 Å². The molecular formula is C16H22Cl2N2O2. The Balaban J connectivity index is 0.00000176. The van der Waals surface area contributed by atoms with Crippen LogP contribution in [0, 0.1) is 0 Å². The Morgan fingerprint density at radius 2 is 2.32 bits per heavy atom. The van der Waals surface area contributed by atoms with E-state index in [1.54, 1.807) is 0 Å². The fourth-order valence-corrected chi connectivity index (χ4v) is 3.39. The van der Waals surface area contributed by atoms with Crippen LogP contribution >= 0.6 is 24.0 Å². The largest absolute Gasteiger partial charge is 0.375 e. The lowest BCUT2D eigenvalue weighted by Crippen LogP contribution is -2.42. The van der Waals surface area contributed by atoms with E-state index in [-0.39, 0.29) is 30.5 Å². The fourth-order valence-electron chi connectivity index (χ4n) is 3.19. The van der Waals surface area contributed by atoms with E-state index in [0.717, 1.165) is 43.1 Å². The average molecular weight is 345 g/mol. The van der Waals surface area contributed by atoms with E-state index in [1.165, 1.54) is 0 Å². The van der Waals surface area contributed by atoms with Crippen LogP contribution in [0.2, 0.25) is 5.02 Å². The zero-order chi connectivity index (χ0) is 14.7. The van der Waals surface area contributed by atoms with Crippen LogP contribution in [0.3, 0.4) is 0 Å². The first-order valence-corrected chi connectivity index (χ1v) is 7.99. The third kappa shape index (κ3) is 4.13. The number of carbonyl (C=O) groups is 1. The summed E-state index contributed by atoms with van der Waals surface area (Å²) >= 11 is 6.07. The Morgan fingerprint density at radius 1 is 1.45 bits per heavy atom. The van der Waals surface area contributed by atoms with E-state index in [2.05, 4.69) is 11.4 Å². The van der Waals surface area contributed by atoms with Gasteiger partial charge < -0.3 is 15.0 Å². The van der Waals surface area contributed by atoms with E-state index in [9.17, 15) is 4.79 Å². The standard InChI is InChI=1S/C16H21ClN2O2.ClH/c17-13-4-1-3-12(9-13)15-5-2-7-19(15)16(20)10-14-11-18-6-8-21-14;/h1,3-4,9,14-15,18H,2,5-8,10-11H2;1H. The molecule has 3 rings (SSSR count). The molecule has 1 aromatic carbocycles. The molecule has 2 unspecified atom stereocenters. The number of rotatable bonds is 3. The molecule has 1 amide bonds. The van der Waals surface area contributed by atoms with Gasteiger partial charge in [-0.15, -0.1) is 12.4 Å². The molecule has 0 saturated carbocycles. The van der Waals surface area contributed by atoms with Crippen molar-refractivity contribution < 1.29 is 9.53 Å². The molecule has 0 aliphatic carbocycles. The maximum atomic E-state index is 12.6. The Kier molecular flexibility index (Phi) is 6.50. The van der Waals surface area contributed by atoms with E-state index in [0.29, 0.717) is 13.0 Å². The van der Waals surface area contributed by atoms with E-state index in [1.807, 2.05) is 23.1 Å². The van der Waals surface area contributed by atoms with Gasteiger partial charge in [-0.05, 0) is 30.5 Å². The van der Waals surface area contributed by atoms with Crippen molar-refractivity contribution in [3.8, 4) is 0 Å². The topological polar surface area (TPSA) is 41.6 Å². The molecule has 2 heterocycles. The molecule has 122 valence electrons. The van der Waals surface area contributed by atoms with Gasteiger partial charge in [0.1, 0.15) is 0 Å². The molecule has 2 saturated heterocycles. The second-order valence-electron chi connectivity index (χ2n) is 5.70. The lowest BCUT2D eigenvalue weighted by molar-refractivity contribution is -0.135. The minimum atomic E-state index is 0. The molecule has 2 aliphatic rings. The van der Waals surface area contributed by atoms with Gasteiger partial charge in [-0.1, -0.05) is 23.7 Å². The molecule has 2 aliphatic heterocycles. The SMILES string of the molecule is Cl.O=C(CC1CNCCO1)N1CCCC1c1cccc(Cl)c1. The van der Waals surface area contributed by atoms with Gasteiger partial charge in [0.25, 0.3) is 0 Å². The Bertz CT molecular complexity index is 507. The molecule has 0 radical (unpaired) electrons. The third-order valence-electron chi connectivity index (χ3n) is 4.21. The van der Waals surface area contributed by atoms with Crippen molar-refractivity contribution in [1.29, 1.82) is 0 Å². The number of carbonyl (C=O) groups excluding carboxylic acids is 1. The Hall–Kier alpha value is -0.810. The van der Waals surface area contributed by atoms with Gasteiger partial charge in [0.15, 0.2) is 0 Å². The van der Waals surface area contributed by atoms with Gasteiger partial charge >= 0.3 is 0 Å². The van der Waals surface area contributed by atoms with Gasteiger partial charge in [-0.25, -0.2) is 0 Å². The highest BCUT2D eigenvalue weighted by Gasteiger charge is 2.31. The maximum absolute atomic E-state index is 12.6. The molecule has 1 N–H and O–H groups in total. The molecule has 0 bridgehead atoms. The normalized spacial score (nSPS) is 24.9. The van der Waals surface area contributed by atoms with Crippen LogP contribution in [0.25, 0.3) is 0 Å². The zero-order valence-corrected chi connectivity index (χ0v) is 14.0. The lowest BCUT2D eigenvalue weighted by atomic mass is 10.0. The summed E-state index contributed by atoms with van der Waals surface area (Å²) in [6.07, 6.45) is 2.53. The van der Waals surface area contributed by atoms with Crippen molar-refractivity contribution in [1.82, 2.24) is 10.2 Å². The predicted molar refractivity (Wildman–Crippen MR) is 89.6 cm³/mol. The van der Waals surface area contributed by atoms with Crippen LogP contribution in [0.1, 0.15) is 30.9 Å². The number of nitrogens with one attached hydrogen (secondary N) is 1. The monoisotopic (exact) mass is 344 g/mol. The number of hydrogen-bond donors (Lipinski definition) is 1. The zero-order valence-electron chi connectivity index (χ0n) is 12.5. The second kappa shape index (κ2) is 8.16. The molecule has 22 heavy (non-hydrogen) atoms. The van der Waals surface area contributed by atoms with Crippen molar-refractivity contribution in [2.24, 2.45) is 0 Å². The maximum Gasteiger partial charge on any atom is 0.225 e. The number of halogens is 2. The number of ether oxygens (including phenoxy) is 1. The Morgan fingerprint density at radius 3 is 3.05 bits per heavy atom. The molecule has 6 heteroatoms. The summed E-state index contributed by atoms with van der Waals surface area (Å²) < 4.78 is 5.64. The molecule has 0 spiro atoms. The van der Waals surface area contributed by atoms with Crippen molar-refractivity contribution >= 4 is 29.9 Å². The van der Waals surface area contributed by atoms with Crippen LogP contribution < -0.4 is 5.32 Å². The van der Waals surface area contributed by atoms with Gasteiger partial charge in [-0.3, -0.25) is 4.79 Å². The highest BCUT2D eigenvalue weighted by molar-refractivity contribution is 6.30. The van der Waals surface area contributed by atoms with Crippen molar-refractivity contribution in [3.05, 3.63) is 34.9 Å². The van der Waals surface area contributed by atoms with Crippen LogP contribution in [0.5, 0.6) is 0 Å².